The fourth-order valence-electron chi connectivity index (χ4n) is 6.21. The van der Waals surface area contributed by atoms with Gasteiger partial charge in [0.15, 0.2) is 11.6 Å². The van der Waals surface area contributed by atoms with Crippen molar-refractivity contribution in [3.05, 3.63) is 158 Å². The van der Waals surface area contributed by atoms with Gasteiger partial charge >= 0.3 is 0 Å². The van der Waals surface area contributed by atoms with E-state index in [0.29, 0.717) is 11.6 Å². The van der Waals surface area contributed by atoms with Crippen LogP contribution in [0.2, 0.25) is 0 Å². The number of hydrogen-bond acceptors (Lipinski definition) is 5. The number of thiophene rings is 1. The van der Waals surface area contributed by atoms with Crippen LogP contribution in [0.25, 0.3) is 87.6 Å². The molecule has 5 heteroatoms. The molecule has 3 heterocycles. The molecular weight excluding hydrogens is 593 g/mol. The van der Waals surface area contributed by atoms with Crippen molar-refractivity contribution in [1.82, 2.24) is 19.9 Å². The maximum atomic E-state index is 5.18. The predicted molar refractivity (Wildman–Crippen MR) is 195 cm³/mol. The smallest absolute Gasteiger partial charge is 0.160 e. The largest absolute Gasteiger partial charge is 0.228 e. The summed E-state index contributed by atoms with van der Waals surface area (Å²) in [6.45, 7) is 0. The van der Waals surface area contributed by atoms with Crippen LogP contribution >= 0.6 is 11.3 Å². The van der Waals surface area contributed by atoms with Gasteiger partial charge in [-0.3, -0.25) is 0 Å². The first-order valence-electron chi connectivity index (χ1n) is 15.6. The molecule has 0 saturated carbocycles. The number of rotatable bonds is 5. The standard InChI is InChI=1S/C42H26N4S/c1-3-13-27(14-4-1)37-33-21-7-9-23-35(33)43-41(44-37)31-19-11-17-29(25-31)30-18-12-20-32(26-30)42-45-38(28-15-5-2-6-16-28)40-39(46-42)34-22-8-10-24-36(34)47-40/h1-26H. The molecule has 0 unspecified atom stereocenters. The van der Waals surface area contributed by atoms with Crippen LogP contribution in [0.3, 0.4) is 0 Å². The summed E-state index contributed by atoms with van der Waals surface area (Å²) in [7, 11) is 0. The summed E-state index contributed by atoms with van der Waals surface area (Å²) in [5, 5.41) is 2.19. The van der Waals surface area contributed by atoms with Gasteiger partial charge in [-0.05, 0) is 35.4 Å². The van der Waals surface area contributed by atoms with Crippen molar-refractivity contribution < 1.29 is 0 Å². The Balaban J connectivity index is 1.16. The second-order valence-corrected chi connectivity index (χ2v) is 12.5. The van der Waals surface area contributed by atoms with Crippen molar-refractivity contribution in [2.24, 2.45) is 0 Å². The molecule has 0 aliphatic carbocycles. The van der Waals surface area contributed by atoms with Crippen LogP contribution in [0.15, 0.2) is 158 Å². The highest BCUT2D eigenvalue weighted by atomic mass is 32.1. The highest BCUT2D eigenvalue weighted by Gasteiger charge is 2.17. The van der Waals surface area contributed by atoms with Crippen LogP contribution in [0.1, 0.15) is 0 Å². The minimum atomic E-state index is 0.700. The molecule has 0 atom stereocenters. The highest BCUT2D eigenvalue weighted by molar-refractivity contribution is 7.26. The molecule has 0 fully saturated rings. The Morgan fingerprint density at radius 2 is 0.872 bits per heavy atom. The van der Waals surface area contributed by atoms with E-state index in [4.69, 9.17) is 19.9 Å². The summed E-state index contributed by atoms with van der Waals surface area (Å²) in [5.74, 6) is 1.41. The Kier molecular flexibility index (Phi) is 6.61. The molecule has 9 aromatic rings. The van der Waals surface area contributed by atoms with Crippen molar-refractivity contribution in [3.8, 4) is 56.4 Å². The Hall–Kier alpha value is -6.04. The summed E-state index contributed by atoms with van der Waals surface area (Å²) in [6, 6.07) is 54.3. The van der Waals surface area contributed by atoms with E-state index in [1.165, 1.54) is 4.70 Å². The molecule has 0 aliphatic rings. The van der Waals surface area contributed by atoms with Crippen LogP contribution in [-0.4, -0.2) is 19.9 Å². The average molecular weight is 619 g/mol. The van der Waals surface area contributed by atoms with E-state index in [0.717, 1.165) is 71.3 Å². The highest BCUT2D eigenvalue weighted by Crippen LogP contribution is 2.40. The van der Waals surface area contributed by atoms with E-state index in [2.05, 4.69) is 121 Å². The first-order valence-corrected chi connectivity index (χ1v) is 16.4. The van der Waals surface area contributed by atoms with E-state index in [1.807, 2.05) is 36.4 Å². The van der Waals surface area contributed by atoms with Gasteiger partial charge in [-0.2, -0.15) is 0 Å². The van der Waals surface area contributed by atoms with Gasteiger partial charge in [0.1, 0.15) is 0 Å². The van der Waals surface area contributed by atoms with E-state index >= 15 is 0 Å². The molecule has 0 amide bonds. The number of para-hydroxylation sites is 1. The fourth-order valence-corrected chi connectivity index (χ4v) is 7.36. The van der Waals surface area contributed by atoms with Crippen molar-refractivity contribution in [2.75, 3.05) is 0 Å². The van der Waals surface area contributed by atoms with Crippen LogP contribution in [0, 0.1) is 0 Å². The van der Waals surface area contributed by atoms with Gasteiger partial charge in [0, 0.05) is 37.7 Å². The topological polar surface area (TPSA) is 51.6 Å². The van der Waals surface area contributed by atoms with E-state index < -0.39 is 0 Å². The number of hydrogen-bond donors (Lipinski definition) is 0. The second-order valence-electron chi connectivity index (χ2n) is 11.5. The predicted octanol–water partition coefficient (Wildman–Crippen LogP) is 11.1. The molecule has 0 N–H and O–H groups in total. The van der Waals surface area contributed by atoms with Gasteiger partial charge in [-0.1, -0.05) is 133 Å². The lowest BCUT2D eigenvalue weighted by Crippen LogP contribution is -1.95. The molecule has 9 rings (SSSR count). The van der Waals surface area contributed by atoms with Crippen molar-refractivity contribution in [3.63, 3.8) is 0 Å². The summed E-state index contributed by atoms with van der Waals surface area (Å²) in [6.07, 6.45) is 0. The minimum absolute atomic E-state index is 0.700. The van der Waals surface area contributed by atoms with E-state index in [1.54, 1.807) is 11.3 Å². The maximum Gasteiger partial charge on any atom is 0.160 e. The van der Waals surface area contributed by atoms with Gasteiger partial charge in [0.05, 0.1) is 27.1 Å². The van der Waals surface area contributed by atoms with Gasteiger partial charge in [0.2, 0.25) is 0 Å². The number of aromatic nitrogens is 4. The van der Waals surface area contributed by atoms with Crippen LogP contribution in [-0.2, 0) is 0 Å². The molecule has 47 heavy (non-hydrogen) atoms. The third-order valence-electron chi connectivity index (χ3n) is 8.49. The summed E-state index contributed by atoms with van der Waals surface area (Å²) >= 11 is 1.75. The van der Waals surface area contributed by atoms with Gasteiger partial charge in [-0.25, -0.2) is 19.9 Å². The lowest BCUT2D eigenvalue weighted by Gasteiger charge is -2.11. The molecule has 3 aromatic heterocycles. The van der Waals surface area contributed by atoms with Gasteiger partial charge < -0.3 is 0 Å². The summed E-state index contributed by atoms with van der Waals surface area (Å²) in [4.78, 5) is 20.4. The quantitative estimate of drug-likeness (QED) is 0.193. The summed E-state index contributed by atoms with van der Waals surface area (Å²) in [5.41, 5.74) is 10.0. The van der Waals surface area contributed by atoms with E-state index in [-0.39, 0.29) is 0 Å². The SMILES string of the molecule is c1ccc(-c2nc(-c3cccc(-c4cccc(-c5nc(-c6ccccc6)c6sc7ccccc7c6n5)c4)c3)nc3ccccc23)cc1. The summed E-state index contributed by atoms with van der Waals surface area (Å²) < 4.78 is 2.32. The lowest BCUT2D eigenvalue weighted by molar-refractivity contribution is 1.23. The van der Waals surface area contributed by atoms with Crippen molar-refractivity contribution in [1.29, 1.82) is 0 Å². The Morgan fingerprint density at radius 3 is 1.57 bits per heavy atom. The lowest BCUT2D eigenvalue weighted by atomic mass is 10.00. The third-order valence-corrected chi connectivity index (χ3v) is 9.66. The zero-order valence-electron chi connectivity index (χ0n) is 25.2. The second kappa shape index (κ2) is 11.4. The Labute approximate surface area is 275 Å². The third kappa shape index (κ3) is 4.94. The number of benzene rings is 6. The van der Waals surface area contributed by atoms with Crippen molar-refractivity contribution >= 4 is 42.5 Å². The molecule has 0 bridgehead atoms. The Bertz CT molecular complexity index is 2580. The zero-order valence-corrected chi connectivity index (χ0v) is 26.0. The number of fused-ring (bicyclic) bond motifs is 4. The molecule has 0 saturated heterocycles. The first-order chi connectivity index (χ1) is 23.3. The first kappa shape index (κ1) is 27.3. The minimum Gasteiger partial charge on any atom is -0.228 e. The van der Waals surface area contributed by atoms with Crippen LogP contribution in [0.5, 0.6) is 0 Å². The van der Waals surface area contributed by atoms with Gasteiger partial charge in [-0.15, -0.1) is 11.3 Å². The van der Waals surface area contributed by atoms with E-state index in [9.17, 15) is 0 Å². The molecule has 0 aliphatic heterocycles. The normalized spacial score (nSPS) is 11.4. The molecule has 4 nitrogen and oxygen atoms in total. The fraction of sp³-hybridized carbons (Fsp3) is 0. The molecule has 220 valence electrons. The molecule has 6 aromatic carbocycles. The number of nitrogens with zero attached hydrogens (tertiary/aromatic N) is 4. The molecule has 0 radical (unpaired) electrons. The van der Waals surface area contributed by atoms with Crippen LogP contribution in [0.4, 0.5) is 0 Å². The van der Waals surface area contributed by atoms with Crippen LogP contribution < -0.4 is 0 Å². The zero-order chi connectivity index (χ0) is 31.2. The van der Waals surface area contributed by atoms with Crippen molar-refractivity contribution in [2.45, 2.75) is 0 Å². The van der Waals surface area contributed by atoms with Gasteiger partial charge in [0.25, 0.3) is 0 Å². The monoisotopic (exact) mass is 618 g/mol. The average Bonchev–Trinajstić information content (AvgIpc) is 3.53. The Morgan fingerprint density at radius 1 is 0.362 bits per heavy atom. The molecule has 0 spiro atoms. The molecular formula is C42H26N4S. The maximum absolute atomic E-state index is 5.18.